The number of carboxylic acid groups (broad SMARTS) is 1. The van der Waals surface area contributed by atoms with E-state index in [-0.39, 0.29) is 11.9 Å². The predicted molar refractivity (Wildman–Crippen MR) is 99.4 cm³/mol. The highest BCUT2D eigenvalue weighted by atomic mass is 16.5. The number of hydrogen-bond donors (Lipinski definition) is 2. The van der Waals surface area contributed by atoms with Crippen LogP contribution in [0.15, 0.2) is 42.9 Å². The SMILES string of the molecule is CCN(CC)C(=O)Nc1cc(Oc2ccc3ccn(C(=O)O)c3c2)ncn1. The van der Waals surface area contributed by atoms with Gasteiger partial charge in [-0.15, -0.1) is 0 Å². The molecule has 0 unspecified atom stereocenters. The van der Waals surface area contributed by atoms with Gasteiger partial charge in [0.2, 0.25) is 5.88 Å². The van der Waals surface area contributed by atoms with Crippen LogP contribution in [0.1, 0.15) is 13.8 Å². The van der Waals surface area contributed by atoms with E-state index in [1.165, 1.54) is 18.6 Å². The van der Waals surface area contributed by atoms with E-state index in [1.807, 2.05) is 13.8 Å². The average Bonchev–Trinajstić information content (AvgIpc) is 3.06. The Bertz CT molecular complexity index is 981. The van der Waals surface area contributed by atoms with E-state index in [4.69, 9.17) is 4.74 Å². The maximum Gasteiger partial charge on any atom is 0.416 e. The minimum absolute atomic E-state index is 0.229. The number of amides is 2. The van der Waals surface area contributed by atoms with Gasteiger partial charge in [0.15, 0.2) is 0 Å². The third kappa shape index (κ3) is 3.97. The number of aromatic nitrogens is 3. The molecule has 3 aromatic rings. The molecule has 0 spiro atoms. The predicted octanol–water partition coefficient (Wildman–Crippen LogP) is 3.62. The number of nitrogens with zero attached hydrogens (tertiary/aromatic N) is 4. The Kier molecular flexibility index (Phi) is 5.20. The van der Waals surface area contributed by atoms with E-state index in [9.17, 15) is 14.7 Å². The first-order valence-electron chi connectivity index (χ1n) is 8.42. The lowest BCUT2D eigenvalue weighted by Crippen LogP contribution is -2.34. The second-order valence-electron chi connectivity index (χ2n) is 5.63. The van der Waals surface area contributed by atoms with Crippen molar-refractivity contribution in [1.82, 2.24) is 19.4 Å². The summed E-state index contributed by atoms with van der Waals surface area (Å²) in [5, 5.41) is 12.7. The van der Waals surface area contributed by atoms with Gasteiger partial charge in [0.05, 0.1) is 5.52 Å². The Labute approximate surface area is 155 Å². The van der Waals surface area contributed by atoms with E-state index < -0.39 is 6.09 Å². The summed E-state index contributed by atoms with van der Waals surface area (Å²) >= 11 is 0. The van der Waals surface area contributed by atoms with Crippen LogP contribution < -0.4 is 10.1 Å². The van der Waals surface area contributed by atoms with Crippen LogP contribution in [0.4, 0.5) is 15.4 Å². The van der Waals surface area contributed by atoms with Gasteiger partial charge in [-0.25, -0.2) is 19.6 Å². The molecule has 2 heterocycles. The number of hydrogen-bond acceptors (Lipinski definition) is 5. The summed E-state index contributed by atoms with van der Waals surface area (Å²) in [6.45, 7) is 4.95. The number of urea groups is 1. The molecule has 0 aliphatic heterocycles. The van der Waals surface area contributed by atoms with Crippen LogP contribution in [0.3, 0.4) is 0 Å². The molecule has 0 aliphatic rings. The first-order chi connectivity index (χ1) is 13.0. The van der Waals surface area contributed by atoms with Crippen LogP contribution in [0.5, 0.6) is 11.6 Å². The highest BCUT2D eigenvalue weighted by Gasteiger charge is 2.12. The van der Waals surface area contributed by atoms with E-state index in [2.05, 4.69) is 15.3 Å². The molecule has 0 aliphatic carbocycles. The van der Waals surface area contributed by atoms with Gasteiger partial charge in [-0.05, 0) is 32.0 Å². The van der Waals surface area contributed by atoms with Crippen LogP contribution in [-0.4, -0.2) is 49.8 Å². The second kappa shape index (κ2) is 7.73. The van der Waals surface area contributed by atoms with Gasteiger partial charge in [0.25, 0.3) is 0 Å². The number of anilines is 1. The van der Waals surface area contributed by atoms with Gasteiger partial charge in [-0.3, -0.25) is 9.88 Å². The molecule has 2 aromatic heterocycles. The molecule has 2 amide bonds. The van der Waals surface area contributed by atoms with Gasteiger partial charge in [-0.1, -0.05) is 0 Å². The van der Waals surface area contributed by atoms with Crippen molar-refractivity contribution in [1.29, 1.82) is 0 Å². The summed E-state index contributed by atoms with van der Waals surface area (Å²) < 4.78 is 6.81. The maximum absolute atomic E-state index is 12.1. The molecule has 0 bridgehead atoms. The van der Waals surface area contributed by atoms with Gasteiger partial charge < -0.3 is 14.7 Å². The number of rotatable bonds is 5. The lowest BCUT2D eigenvalue weighted by Gasteiger charge is -2.18. The van der Waals surface area contributed by atoms with Crippen molar-refractivity contribution >= 4 is 28.8 Å². The molecular formula is C18H19N5O4. The summed E-state index contributed by atoms with van der Waals surface area (Å²) in [5.41, 5.74) is 0.504. The molecule has 3 rings (SSSR count). The first-order valence-corrected chi connectivity index (χ1v) is 8.42. The molecule has 0 saturated heterocycles. The summed E-state index contributed by atoms with van der Waals surface area (Å²) in [4.78, 5) is 33.0. The number of fused-ring (bicyclic) bond motifs is 1. The minimum Gasteiger partial charge on any atom is -0.464 e. The number of benzene rings is 1. The fraction of sp³-hybridized carbons (Fsp3) is 0.222. The Balaban J connectivity index is 1.80. The van der Waals surface area contributed by atoms with Crippen molar-refractivity contribution in [3.63, 3.8) is 0 Å². The lowest BCUT2D eigenvalue weighted by molar-refractivity contribution is 0.197. The van der Waals surface area contributed by atoms with E-state index in [0.29, 0.717) is 30.2 Å². The van der Waals surface area contributed by atoms with E-state index >= 15 is 0 Å². The lowest BCUT2D eigenvalue weighted by atomic mass is 10.2. The highest BCUT2D eigenvalue weighted by molar-refractivity contribution is 5.90. The highest BCUT2D eigenvalue weighted by Crippen LogP contribution is 2.26. The molecule has 27 heavy (non-hydrogen) atoms. The normalized spacial score (nSPS) is 10.6. The minimum atomic E-state index is -1.08. The van der Waals surface area contributed by atoms with Crippen molar-refractivity contribution in [2.24, 2.45) is 0 Å². The van der Waals surface area contributed by atoms with E-state index in [1.54, 1.807) is 29.2 Å². The fourth-order valence-electron chi connectivity index (χ4n) is 2.62. The Hall–Kier alpha value is -3.62. The van der Waals surface area contributed by atoms with Gasteiger partial charge in [-0.2, -0.15) is 0 Å². The first kappa shape index (κ1) is 18.2. The molecule has 0 radical (unpaired) electrons. The number of ether oxygens (including phenoxy) is 1. The van der Waals surface area contributed by atoms with Crippen molar-refractivity contribution in [3.05, 3.63) is 42.9 Å². The fourth-order valence-corrected chi connectivity index (χ4v) is 2.62. The molecular weight excluding hydrogens is 350 g/mol. The summed E-state index contributed by atoms with van der Waals surface area (Å²) in [6.07, 6.45) is 1.68. The molecule has 1 aromatic carbocycles. The van der Waals surface area contributed by atoms with Gasteiger partial charge >= 0.3 is 12.1 Å². The summed E-state index contributed by atoms with van der Waals surface area (Å²) in [6, 6.07) is 8.03. The third-order valence-electron chi connectivity index (χ3n) is 4.02. The smallest absolute Gasteiger partial charge is 0.416 e. The van der Waals surface area contributed by atoms with Crippen LogP contribution in [-0.2, 0) is 0 Å². The Morgan fingerprint density at radius 1 is 1.19 bits per heavy atom. The second-order valence-corrected chi connectivity index (χ2v) is 5.63. The van der Waals surface area contributed by atoms with Crippen LogP contribution >= 0.6 is 0 Å². The topological polar surface area (TPSA) is 110 Å². The molecule has 0 atom stereocenters. The molecule has 9 heteroatoms. The van der Waals surface area contributed by atoms with Crippen LogP contribution in [0, 0.1) is 0 Å². The third-order valence-corrected chi connectivity index (χ3v) is 4.02. The monoisotopic (exact) mass is 369 g/mol. The molecule has 0 fully saturated rings. The molecule has 2 N–H and O–H groups in total. The van der Waals surface area contributed by atoms with E-state index in [0.717, 1.165) is 9.95 Å². The van der Waals surface area contributed by atoms with Crippen molar-refractivity contribution in [2.75, 3.05) is 18.4 Å². The summed E-state index contributed by atoms with van der Waals surface area (Å²) in [7, 11) is 0. The van der Waals surface area contributed by atoms with Crippen molar-refractivity contribution < 1.29 is 19.4 Å². The molecule has 9 nitrogen and oxygen atoms in total. The molecule has 0 saturated carbocycles. The number of carbonyl (C=O) groups excluding carboxylic acids is 1. The largest absolute Gasteiger partial charge is 0.464 e. The number of nitrogens with one attached hydrogen (secondary N) is 1. The standard InChI is InChI=1S/C18H19N5O4/c1-3-22(4-2)17(24)21-15-10-16(20-11-19-15)27-13-6-5-12-7-8-23(18(25)26)14(12)9-13/h5-11H,3-4H2,1-2H3,(H,25,26)(H,19,20,21,24). The van der Waals surface area contributed by atoms with Gasteiger partial charge in [0.1, 0.15) is 17.9 Å². The zero-order valence-corrected chi connectivity index (χ0v) is 14.9. The van der Waals surface area contributed by atoms with Crippen LogP contribution in [0.25, 0.3) is 10.9 Å². The Morgan fingerprint density at radius 3 is 2.67 bits per heavy atom. The van der Waals surface area contributed by atoms with Crippen molar-refractivity contribution in [3.8, 4) is 11.6 Å². The molecule has 140 valence electrons. The summed E-state index contributed by atoms with van der Waals surface area (Å²) in [5.74, 6) is 0.961. The average molecular weight is 369 g/mol. The zero-order valence-electron chi connectivity index (χ0n) is 14.9. The zero-order chi connectivity index (χ0) is 19.4. The van der Waals surface area contributed by atoms with Gasteiger partial charge in [0, 0.05) is 36.8 Å². The van der Waals surface area contributed by atoms with Crippen molar-refractivity contribution in [2.45, 2.75) is 13.8 Å². The number of carbonyl (C=O) groups is 2. The quantitative estimate of drug-likeness (QED) is 0.711. The Morgan fingerprint density at radius 2 is 1.96 bits per heavy atom. The maximum atomic E-state index is 12.1. The van der Waals surface area contributed by atoms with Crippen LogP contribution in [0.2, 0.25) is 0 Å².